The Morgan fingerprint density at radius 3 is 2.33 bits per heavy atom. The van der Waals surface area contributed by atoms with Gasteiger partial charge in [-0.15, -0.1) is 0 Å². The summed E-state index contributed by atoms with van der Waals surface area (Å²) < 4.78 is 0. The molecule has 1 rings (SSSR count). The fourth-order valence-electron chi connectivity index (χ4n) is 1.17. The van der Waals surface area contributed by atoms with Gasteiger partial charge in [0.25, 0.3) is 0 Å². The Hall–Kier alpha value is -0.490. The molecule has 1 atom stereocenters. The number of halogens is 1. The van der Waals surface area contributed by atoms with Crippen molar-refractivity contribution in [3.05, 3.63) is 34.9 Å². The maximum Gasteiger partial charge on any atom is 0.0406 e. The predicted molar refractivity (Wildman–Crippen MR) is 54.6 cm³/mol. The van der Waals surface area contributed by atoms with E-state index in [0.29, 0.717) is 0 Å². The van der Waals surface area contributed by atoms with Crippen molar-refractivity contribution in [1.82, 2.24) is 0 Å². The molecular formula is C11H15Cl. The van der Waals surface area contributed by atoms with E-state index in [0.717, 1.165) is 17.4 Å². The lowest BCUT2D eigenvalue weighted by Gasteiger charge is -2.07. The zero-order chi connectivity index (χ0) is 8.97. The molecule has 0 aliphatic rings. The van der Waals surface area contributed by atoms with Crippen molar-refractivity contribution in [2.24, 2.45) is 5.92 Å². The van der Waals surface area contributed by atoms with Crippen molar-refractivity contribution in [1.29, 1.82) is 0 Å². The van der Waals surface area contributed by atoms with Crippen LogP contribution in [0.25, 0.3) is 0 Å². The van der Waals surface area contributed by atoms with E-state index in [9.17, 15) is 0 Å². The summed E-state index contributed by atoms with van der Waals surface area (Å²) in [7, 11) is 0. The Labute approximate surface area is 79.6 Å². The van der Waals surface area contributed by atoms with E-state index in [1.54, 1.807) is 0 Å². The first kappa shape index (κ1) is 9.60. The van der Waals surface area contributed by atoms with Gasteiger partial charge in [-0.1, -0.05) is 44.0 Å². The fourth-order valence-corrected chi connectivity index (χ4v) is 1.29. The first-order chi connectivity index (χ1) is 5.72. The third-order valence-corrected chi connectivity index (χ3v) is 2.45. The molecule has 0 amide bonds. The lowest BCUT2D eigenvalue weighted by atomic mass is 9.99. The quantitative estimate of drug-likeness (QED) is 0.665. The van der Waals surface area contributed by atoms with Crippen LogP contribution in [0.2, 0.25) is 5.02 Å². The normalized spacial score (nSPS) is 12.9. The number of hydrogen-bond donors (Lipinski definition) is 0. The zero-order valence-electron chi connectivity index (χ0n) is 7.68. The Balaban J connectivity index is 2.58. The SMILES string of the molecule is CC[C@H](C)Cc1ccc(Cl)cc1. The highest BCUT2D eigenvalue weighted by Gasteiger charge is 1.99. The average Bonchev–Trinajstić information content (AvgIpc) is 2.09. The number of rotatable bonds is 3. The molecule has 12 heavy (non-hydrogen) atoms. The van der Waals surface area contributed by atoms with Crippen LogP contribution in [0.3, 0.4) is 0 Å². The van der Waals surface area contributed by atoms with E-state index in [4.69, 9.17) is 11.6 Å². The van der Waals surface area contributed by atoms with Gasteiger partial charge >= 0.3 is 0 Å². The number of benzene rings is 1. The van der Waals surface area contributed by atoms with E-state index in [-0.39, 0.29) is 0 Å². The highest BCUT2D eigenvalue weighted by Crippen LogP contribution is 2.14. The molecule has 0 aliphatic heterocycles. The highest BCUT2D eigenvalue weighted by molar-refractivity contribution is 6.30. The molecule has 0 saturated heterocycles. The summed E-state index contributed by atoms with van der Waals surface area (Å²) in [4.78, 5) is 0. The van der Waals surface area contributed by atoms with E-state index in [1.165, 1.54) is 12.0 Å². The first-order valence-electron chi connectivity index (χ1n) is 4.46. The van der Waals surface area contributed by atoms with E-state index in [1.807, 2.05) is 12.1 Å². The zero-order valence-corrected chi connectivity index (χ0v) is 8.43. The van der Waals surface area contributed by atoms with Crippen molar-refractivity contribution < 1.29 is 0 Å². The molecule has 0 radical (unpaired) electrons. The van der Waals surface area contributed by atoms with Gasteiger partial charge < -0.3 is 0 Å². The average molecular weight is 183 g/mol. The van der Waals surface area contributed by atoms with Crippen LogP contribution >= 0.6 is 11.6 Å². The molecule has 66 valence electrons. The van der Waals surface area contributed by atoms with Crippen LogP contribution in [0.5, 0.6) is 0 Å². The Morgan fingerprint density at radius 1 is 1.25 bits per heavy atom. The van der Waals surface area contributed by atoms with Crippen LogP contribution in [-0.2, 0) is 6.42 Å². The van der Waals surface area contributed by atoms with E-state index < -0.39 is 0 Å². The van der Waals surface area contributed by atoms with Crippen molar-refractivity contribution in [3.8, 4) is 0 Å². The van der Waals surface area contributed by atoms with E-state index >= 15 is 0 Å². The third kappa shape index (κ3) is 2.86. The monoisotopic (exact) mass is 182 g/mol. The molecule has 0 heterocycles. The van der Waals surface area contributed by atoms with Gasteiger partial charge in [-0.2, -0.15) is 0 Å². The van der Waals surface area contributed by atoms with Gasteiger partial charge in [-0.05, 0) is 30.0 Å². The molecule has 1 aromatic rings. The maximum absolute atomic E-state index is 5.78. The second kappa shape index (κ2) is 4.51. The standard InChI is InChI=1S/C11H15Cl/c1-3-9(2)8-10-4-6-11(12)7-5-10/h4-7,9H,3,8H2,1-2H3/t9-/m0/s1. The second-order valence-corrected chi connectivity index (χ2v) is 3.78. The van der Waals surface area contributed by atoms with E-state index in [2.05, 4.69) is 26.0 Å². The predicted octanol–water partition coefficient (Wildman–Crippen LogP) is 3.93. The van der Waals surface area contributed by atoms with Gasteiger partial charge in [0.15, 0.2) is 0 Å². The van der Waals surface area contributed by atoms with Gasteiger partial charge in [0.2, 0.25) is 0 Å². The van der Waals surface area contributed by atoms with Crippen molar-refractivity contribution in [2.75, 3.05) is 0 Å². The minimum absolute atomic E-state index is 0.770. The van der Waals surface area contributed by atoms with Crippen molar-refractivity contribution in [2.45, 2.75) is 26.7 Å². The molecule has 1 aromatic carbocycles. The summed E-state index contributed by atoms with van der Waals surface area (Å²) in [5, 5.41) is 0.822. The van der Waals surface area contributed by atoms with Crippen LogP contribution in [0, 0.1) is 5.92 Å². The fraction of sp³-hybridized carbons (Fsp3) is 0.455. The summed E-state index contributed by atoms with van der Waals surface area (Å²) in [5.74, 6) is 0.770. The summed E-state index contributed by atoms with van der Waals surface area (Å²) in [6, 6.07) is 8.13. The molecule has 1 heteroatoms. The molecule has 0 spiro atoms. The van der Waals surface area contributed by atoms with Crippen LogP contribution in [-0.4, -0.2) is 0 Å². The number of hydrogen-bond acceptors (Lipinski definition) is 0. The molecule has 0 saturated carbocycles. The molecule has 0 bridgehead atoms. The third-order valence-electron chi connectivity index (χ3n) is 2.19. The lowest BCUT2D eigenvalue weighted by molar-refractivity contribution is 0.560. The van der Waals surface area contributed by atoms with Crippen LogP contribution in [0.4, 0.5) is 0 Å². The summed E-state index contributed by atoms with van der Waals surface area (Å²) in [5.41, 5.74) is 1.38. The molecule has 0 nitrogen and oxygen atoms in total. The minimum atomic E-state index is 0.770. The first-order valence-corrected chi connectivity index (χ1v) is 4.84. The summed E-state index contributed by atoms with van der Waals surface area (Å²) >= 11 is 5.78. The van der Waals surface area contributed by atoms with Gasteiger partial charge in [-0.3, -0.25) is 0 Å². The largest absolute Gasteiger partial charge is 0.0843 e. The van der Waals surface area contributed by atoms with Crippen LogP contribution < -0.4 is 0 Å². The van der Waals surface area contributed by atoms with Crippen LogP contribution in [0.1, 0.15) is 25.8 Å². The highest BCUT2D eigenvalue weighted by atomic mass is 35.5. The van der Waals surface area contributed by atoms with Crippen molar-refractivity contribution in [3.63, 3.8) is 0 Å². The molecule has 0 aromatic heterocycles. The molecular weight excluding hydrogens is 168 g/mol. The van der Waals surface area contributed by atoms with Gasteiger partial charge in [0.1, 0.15) is 0 Å². The second-order valence-electron chi connectivity index (χ2n) is 3.34. The Kier molecular flexibility index (Phi) is 3.61. The lowest BCUT2D eigenvalue weighted by Crippen LogP contribution is -1.96. The minimum Gasteiger partial charge on any atom is -0.0843 e. The summed E-state index contributed by atoms with van der Waals surface area (Å²) in [6.45, 7) is 4.50. The smallest absolute Gasteiger partial charge is 0.0406 e. The topological polar surface area (TPSA) is 0 Å². The van der Waals surface area contributed by atoms with Gasteiger partial charge in [0, 0.05) is 5.02 Å². The van der Waals surface area contributed by atoms with Gasteiger partial charge in [0.05, 0.1) is 0 Å². The van der Waals surface area contributed by atoms with Gasteiger partial charge in [-0.25, -0.2) is 0 Å². The Morgan fingerprint density at radius 2 is 1.83 bits per heavy atom. The molecule has 0 unspecified atom stereocenters. The summed E-state index contributed by atoms with van der Waals surface area (Å²) in [6.07, 6.45) is 2.40. The molecule has 0 fully saturated rings. The molecule has 0 N–H and O–H groups in total. The molecule has 0 aliphatic carbocycles. The maximum atomic E-state index is 5.78. The Bertz CT molecular complexity index is 225. The van der Waals surface area contributed by atoms with Crippen LogP contribution in [0.15, 0.2) is 24.3 Å². The van der Waals surface area contributed by atoms with Crippen molar-refractivity contribution >= 4 is 11.6 Å².